The van der Waals surface area contributed by atoms with Crippen molar-refractivity contribution in [1.82, 2.24) is 0 Å². The monoisotopic (exact) mass is 532 g/mol. The van der Waals surface area contributed by atoms with Crippen molar-refractivity contribution in [2.24, 2.45) is 5.92 Å². The molecule has 36 heavy (non-hydrogen) atoms. The molecule has 2 aliphatic heterocycles. The van der Waals surface area contributed by atoms with Crippen LogP contribution in [0.25, 0.3) is 0 Å². The van der Waals surface area contributed by atoms with Gasteiger partial charge in [-0.3, -0.25) is 0 Å². The molecule has 0 bridgehead atoms. The van der Waals surface area contributed by atoms with Gasteiger partial charge in [-0.15, -0.1) is 11.8 Å². The molecule has 0 radical (unpaired) electrons. The molecule has 0 aromatic heterocycles. The third kappa shape index (κ3) is 4.31. The van der Waals surface area contributed by atoms with E-state index in [0.29, 0.717) is 30.6 Å². The second-order valence-electron chi connectivity index (χ2n) is 10.7. The maximum atomic E-state index is 10.6. The average molecular weight is 533 g/mol. The zero-order valence-electron chi connectivity index (χ0n) is 20.3. The van der Waals surface area contributed by atoms with Gasteiger partial charge in [0.15, 0.2) is 5.79 Å². The minimum atomic E-state index is -1.28. The zero-order chi connectivity index (χ0) is 25.1. The highest BCUT2D eigenvalue weighted by molar-refractivity contribution is 7.99. The average Bonchev–Trinajstić information content (AvgIpc) is 3.44. The van der Waals surface area contributed by atoms with Crippen molar-refractivity contribution in [3.63, 3.8) is 0 Å². The van der Waals surface area contributed by atoms with Gasteiger partial charge >= 0.3 is 0 Å². The summed E-state index contributed by atoms with van der Waals surface area (Å²) in [5, 5.41) is 31.7. The number of aliphatic hydroxyl groups excluding tert-OH is 3. The van der Waals surface area contributed by atoms with Crippen LogP contribution < -0.4 is 0 Å². The number of aliphatic hydroxyl groups is 3. The van der Waals surface area contributed by atoms with E-state index in [1.54, 1.807) is 12.3 Å². The quantitative estimate of drug-likeness (QED) is 0.537. The SMILES string of the molecule is CS[C@H]1OC(c2ccc(Cl)c(Cc3ccc(C45CCC6(CC4C5)OCCO6)cc3)c2)[C@H](O)[C@@H](O)[C@@H]1O. The molecule has 2 saturated heterocycles. The van der Waals surface area contributed by atoms with Gasteiger partial charge in [0.25, 0.3) is 0 Å². The molecule has 194 valence electrons. The largest absolute Gasteiger partial charge is 0.387 e. The molecule has 2 aromatic carbocycles. The molecule has 2 aromatic rings. The topological polar surface area (TPSA) is 88.4 Å². The van der Waals surface area contributed by atoms with E-state index in [-0.39, 0.29) is 11.2 Å². The predicted molar refractivity (Wildman–Crippen MR) is 138 cm³/mol. The van der Waals surface area contributed by atoms with Crippen LogP contribution in [0.5, 0.6) is 0 Å². The third-order valence-electron chi connectivity index (χ3n) is 8.68. The molecule has 2 saturated carbocycles. The first-order valence-corrected chi connectivity index (χ1v) is 14.4. The van der Waals surface area contributed by atoms with E-state index in [9.17, 15) is 15.3 Å². The molecule has 4 aliphatic rings. The minimum Gasteiger partial charge on any atom is -0.387 e. The number of ether oxygens (including phenoxy) is 3. The Hall–Kier alpha value is -1.16. The van der Waals surface area contributed by atoms with Gasteiger partial charge in [-0.25, -0.2) is 0 Å². The summed E-state index contributed by atoms with van der Waals surface area (Å²) in [6.07, 6.45) is 2.33. The van der Waals surface area contributed by atoms with E-state index in [1.165, 1.54) is 23.7 Å². The molecular weight excluding hydrogens is 500 g/mol. The van der Waals surface area contributed by atoms with Gasteiger partial charge in [0.05, 0.1) is 13.2 Å². The number of halogens is 1. The molecule has 0 amide bonds. The number of hydrogen-bond acceptors (Lipinski definition) is 7. The van der Waals surface area contributed by atoms with Crippen LogP contribution in [0.2, 0.25) is 5.02 Å². The highest BCUT2D eigenvalue weighted by Crippen LogP contribution is 2.65. The summed E-state index contributed by atoms with van der Waals surface area (Å²) in [7, 11) is 0. The lowest BCUT2D eigenvalue weighted by Crippen LogP contribution is -2.52. The van der Waals surface area contributed by atoms with Crippen LogP contribution in [0.4, 0.5) is 0 Å². The minimum absolute atomic E-state index is 0.268. The summed E-state index contributed by atoms with van der Waals surface area (Å²) in [6, 6.07) is 14.4. The molecular formula is C28H33ClO6S. The number of benzene rings is 2. The highest BCUT2D eigenvalue weighted by atomic mass is 35.5. The lowest BCUT2D eigenvalue weighted by Gasteiger charge is -2.40. The summed E-state index contributed by atoms with van der Waals surface area (Å²) in [6.45, 7) is 1.43. The normalized spacial score (nSPS) is 37.1. The second-order valence-corrected chi connectivity index (χ2v) is 12.1. The maximum absolute atomic E-state index is 10.6. The summed E-state index contributed by atoms with van der Waals surface area (Å²) in [5.41, 5.74) is 3.87. The van der Waals surface area contributed by atoms with Crippen LogP contribution in [0.3, 0.4) is 0 Å². The molecule has 3 N–H and O–H groups in total. The predicted octanol–water partition coefficient (Wildman–Crippen LogP) is 3.96. The Morgan fingerprint density at radius 2 is 1.69 bits per heavy atom. The van der Waals surface area contributed by atoms with E-state index in [0.717, 1.165) is 36.0 Å². The van der Waals surface area contributed by atoms with E-state index in [2.05, 4.69) is 24.3 Å². The lowest BCUT2D eigenvalue weighted by molar-refractivity contribution is -0.200. The molecule has 2 heterocycles. The molecule has 2 aliphatic carbocycles. The van der Waals surface area contributed by atoms with Crippen molar-refractivity contribution in [3.05, 3.63) is 69.7 Å². The van der Waals surface area contributed by atoms with Crippen molar-refractivity contribution in [1.29, 1.82) is 0 Å². The van der Waals surface area contributed by atoms with Crippen molar-refractivity contribution >= 4 is 23.4 Å². The Bertz CT molecular complexity index is 1100. The van der Waals surface area contributed by atoms with E-state index >= 15 is 0 Å². The molecule has 1 spiro atoms. The number of hydrogen-bond donors (Lipinski definition) is 3. The van der Waals surface area contributed by atoms with E-state index in [4.69, 9.17) is 25.8 Å². The van der Waals surface area contributed by atoms with Gasteiger partial charge in [0.1, 0.15) is 29.9 Å². The maximum Gasteiger partial charge on any atom is 0.168 e. The standard InChI is InChI=1S/C28H33ClO6S/c1-36-26-24(32)22(30)23(31)25(35-26)17-4-7-21(29)18(13-17)12-16-2-5-19(6-3-16)27-8-9-28(15-20(27)14-27)33-10-11-34-28/h2-7,13,20,22-26,30-32H,8-12,14-15H2,1H3/t20?,22-,23-,24+,25?,26-,27?/m1/s1. The summed E-state index contributed by atoms with van der Waals surface area (Å²) in [5.74, 6) is 0.300. The van der Waals surface area contributed by atoms with Gasteiger partial charge in [-0.2, -0.15) is 0 Å². The summed E-state index contributed by atoms with van der Waals surface area (Å²) < 4.78 is 17.8. The van der Waals surface area contributed by atoms with Crippen LogP contribution in [-0.2, 0) is 26.0 Å². The highest BCUT2D eigenvalue weighted by Gasteiger charge is 2.62. The van der Waals surface area contributed by atoms with E-state index < -0.39 is 29.9 Å². The van der Waals surface area contributed by atoms with Gasteiger partial charge in [-0.1, -0.05) is 48.0 Å². The van der Waals surface area contributed by atoms with E-state index in [1.807, 2.05) is 12.1 Å². The van der Waals surface area contributed by atoms with Crippen LogP contribution >= 0.6 is 23.4 Å². The van der Waals surface area contributed by atoms with Crippen LogP contribution in [0.1, 0.15) is 54.0 Å². The number of rotatable bonds is 5. The molecule has 7 atom stereocenters. The molecule has 6 rings (SSSR count). The summed E-state index contributed by atoms with van der Waals surface area (Å²) in [4.78, 5) is 0. The van der Waals surface area contributed by atoms with Crippen LogP contribution in [0, 0.1) is 5.92 Å². The van der Waals surface area contributed by atoms with Crippen LogP contribution in [0.15, 0.2) is 42.5 Å². The van der Waals surface area contributed by atoms with Crippen molar-refractivity contribution in [2.45, 2.75) is 73.2 Å². The fourth-order valence-corrected chi connectivity index (χ4v) is 7.36. The van der Waals surface area contributed by atoms with Gasteiger partial charge < -0.3 is 29.5 Å². The van der Waals surface area contributed by atoms with Gasteiger partial charge in [0, 0.05) is 17.9 Å². The Morgan fingerprint density at radius 1 is 0.944 bits per heavy atom. The fraction of sp³-hybridized carbons (Fsp3) is 0.571. The molecule has 8 heteroatoms. The Kier molecular flexibility index (Phi) is 6.66. The molecule has 3 unspecified atom stereocenters. The first-order chi connectivity index (χ1) is 17.3. The second kappa shape index (κ2) is 9.54. The smallest absolute Gasteiger partial charge is 0.168 e. The zero-order valence-corrected chi connectivity index (χ0v) is 21.9. The third-order valence-corrected chi connectivity index (χ3v) is 9.90. The van der Waals surface area contributed by atoms with Gasteiger partial charge in [-0.05, 0) is 65.2 Å². The molecule has 6 nitrogen and oxygen atoms in total. The van der Waals surface area contributed by atoms with Gasteiger partial charge in [0.2, 0.25) is 0 Å². The fourth-order valence-electron chi connectivity index (χ4n) is 6.50. The lowest BCUT2D eigenvalue weighted by atomic mass is 9.80. The van der Waals surface area contributed by atoms with Crippen molar-refractivity contribution in [3.8, 4) is 0 Å². The Morgan fingerprint density at radius 3 is 2.39 bits per heavy atom. The van der Waals surface area contributed by atoms with Crippen molar-refractivity contribution < 1.29 is 29.5 Å². The first kappa shape index (κ1) is 25.1. The number of thioether (sulfide) groups is 1. The molecule has 4 fully saturated rings. The van der Waals surface area contributed by atoms with Crippen molar-refractivity contribution in [2.75, 3.05) is 19.5 Å². The Balaban J connectivity index is 1.17. The summed E-state index contributed by atoms with van der Waals surface area (Å²) >= 11 is 7.86. The Labute approximate surface area is 220 Å². The number of fused-ring (bicyclic) bond motifs is 1. The van der Waals surface area contributed by atoms with Crippen LogP contribution in [-0.4, -0.2) is 64.3 Å². The first-order valence-electron chi connectivity index (χ1n) is 12.7.